The molecule has 4 aromatic rings. The summed E-state index contributed by atoms with van der Waals surface area (Å²) >= 11 is 0. The van der Waals surface area contributed by atoms with Crippen molar-refractivity contribution in [3.8, 4) is 16.9 Å². The lowest BCUT2D eigenvalue weighted by Gasteiger charge is -2.30. The molecule has 0 saturated carbocycles. The first-order valence-corrected chi connectivity index (χ1v) is 11.7. The maximum atomic E-state index is 6.06. The molecule has 0 radical (unpaired) electrons. The Labute approximate surface area is 195 Å². The summed E-state index contributed by atoms with van der Waals surface area (Å²) in [6.45, 7) is 0.584. The predicted octanol–water partition coefficient (Wildman–Crippen LogP) is 7.90. The van der Waals surface area contributed by atoms with Crippen LogP contribution in [0.25, 0.3) is 11.1 Å². The Bertz CT molecular complexity index is 1260. The molecule has 0 aromatic heterocycles. The molecule has 0 saturated heterocycles. The average Bonchev–Trinajstić information content (AvgIpc) is 3.52. The molecule has 0 heterocycles. The second-order valence-electron chi connectivity index (χ2n) is 8.87. The van der Waals surface area contributed by atoms with Crippen LogP contribution >= 0.6 is 0 Å². The van der Waals surface area contributed by atoms with Gasteiger partial charge in [-0.2, -0.15) is 0 Å². The molecule has 1 nitrogen and oxygen atoms in total. The van der Waals surface area contributed by atoms with Crippen LogP contribution in [-0.4, -0.2) is 0 Å². The smallest absolute Gasteiger partial charge is 0.119 e. The fourth-order valence-electron chi connectivity index (χ4n) is 5.43. The minimum atomic E-state index is 0.325. The van der Waals surface area contributed by atoms with E-state index in [2.05, 4.69) is 109 Å². The van der Waals surface area contributed by atoms with Crippen molar-refractivity contribution >= 4 is 0 Å². The summed E-state index contributed by atoms with van der Waals surface area (Å²) in [5.41, 5.74) is 8.14. The molecule has 0 N–H and O–H groups in total. The van der Waals surface area contributed by atoms with Gasteiger partial charge in [-0.3, -0.25) is 0 Å². The van der Waals surface area contributed by atoms with Gasteiger partial charge in [-0.1, -0.05) is 115 Å². The van der Waals surface area contributed by atoms with E-state index in [0.717, 1.165) is 5.75 Å². The molecule has 0 fully saturated rings. The molecule has 1 atom stereocenters. The van der Waals surface area contributed by atoms with Gasteiger partial charge in [0.05, 0.1) is 0 Å². The molecule has 0 amide bonds. The van der Waals surface area contributed by atoms with E-state index >= 15 is 0 Å². The Morgan fingerprint density at radius 3 is 1.82 bits per heavy atom. The number of benzene rings is 4. The summed E-state index contributed by atoms with van der Waals surface area (Å²) in [5.74, 6) is 1.93. The van der Waals surface area contributed by atoms with Crippen LogP contribution in [0, 0.1) is 5.92 Å². The molecule has 0 spiro atoms. The Kier molecular flexibility index (Phi) is 5.16. The number of hydrogen-bond donors (Lipinski definition) is 0. The van der Waals surface area contributed by atoms with Crippen molar-refractivity contribution < 1.29 is 4.74 Å². The normalized spacial score (nSPS) is 15.4. The van der Waals surface area contributed by atoms with E-state index in [0.29, 0.717) is 24.4 Å². The summed E-state index contributed by atoms with van der Waals surface area (Å²) < 4.78 is 6.06. The van der Waals surface area contributed by atoms with E-state index in [1.165, 1.54) is 33.4 Å². The fraction of sp³-hybridized carbons (Fsp3) is 0.125. The zero-order chi connectivity index (χ0) is 22.0. The van der Waals surface area contributed by atoms with Crippen molar-refractivity contribution in [2.75, 3.05) is 0 Å². The Balaban J connectivity index is 1.36. The Morgan fingerprint density at radius 1 is 0.606 bits per heavy atom. The van der Waals surface area contributed by atoms with Crippen LogP contribution in [0.2, 0.25) is 0 Å². The maximum Gasteiger partial charge on any atom is 0.119 e. The van der Waals surface area contributed by atoms with Crippen molar-refractivity contribution in [2.24, 2.45) is 5.92 Å². The van der Waals surface area contributed by atoms with Gasteiger partial charge in [0.1, 0.15) is 12.4 Å². The van der Waals surface area contributed by atoms with E-state index in [4.69, 9.17) is 4.74 Å². The highest BCUT2D eigenvalue weighted by Crippen LogP contribution is 2.54. The van der Waals surface area contributed by atoms with Crippen molar-refractivity contribution in [3.63, 3.8) is 0 Å². The summed E-state index contributed by atoms with van der Waals surface area (Å²) in [4.78, 5) is 0. The first-order chi connectivity index (χ1) is 16.4. The lowest BCUT2D eigenvalue weighted by atomic mass is 9.73. The lowest BCUT2D eigenvalue weighted by Crippen LogP contribution is -2.17. The van der Waals surface area contributed by atoms with Gasteiger partial charge in [-0.05, 0) is 45.5 Å². The van der Waals surface area contributed by atoms with Crippen LogP contribution < -0.4 is 4.74 Å². The molecule has 4 aromatic carbocycles. The highest BCUT2D eigenvalue weighted by molar-refractivity contribution is 5.79. The van der Waals surface area contributed by atoms with Gasteiger partial charge >= 0.3 is 0 Å². The molecule has 0 bridgehead atoms. The average molecular weight is 427 g/mol. The van der Waals surface area contributed by atoms with E-state index in [-0.39, 0.29) is 0 Å². The maximum absolute atomic E-state index is 6.06. The highest BCUT2D eigenvalue weighted by atomic mass is 16.5. The van der Waals surface area contributed by atoms with E-state index in [1.807, 2.05) is 18.2 Å². The van der Waals surface area contributed by atoms with E-state index in [1.54, 1.807) is 0 Å². The molecular weight excluding hydrogens is 400 g/mol. The topological polar surface area (TPSA) is 9.23 Å². The van der Waals surface area contributed by atoms with Crippen molar-refractivity contribution in [1.82, 2.24) is 0 Å². The van der Waals surface area contributed by atoms with Crippen molar-refractivity contribution in [3.05, 3.63) is 150 Å². The first-order valence-electron chi connectivity index (χ1n) is 11.7. The van der Waals surface area contributed by atoms with Crippen LogP contribution in [0.4, 0.5) is 0 Å². The Hall–Kier alpha value is -3.84. The number of hydrogen-bond acceptors (Lipinski definition) is 1. The quantitative estimate of drug-likeness (QED) is 0.304. The Morgan fingerprint density at radius 2 is 1.18 bits per heavy atom. The molecule has 1 heteroatoms. The number of fused-ring (bicyclic) bond motifs is 3. The third-order valence-corrected chi connectivity index (χ3v) is 6.95. The summed E-state index contributed by atoms with van der Waals surface area (Å²) in [6.07, 6.45) is 9.05. The minimum Gasteiger partial charge on any atom is -0.489 e. The van der Waals surface area contributed by atoms with Gasteiger partial charge < -0.3 is 4.74 Å². The van der Waals surface area contributed by atoms with Crippen LogP contribution in [0.3, 0.4) is 0 Å². The van der Waals surface area contributed by atoms with Gasteiger partial charge in [-0.15, -0.1) is 0 Å². The molecule has 1 unspecified atom stereocenters. The zero-order valence-electron chi connectivity index (χ0n) is 18.5. The summed E-state index contributed by atoms with van der Waals surface area (Å²) in [6, 6.07) is 36.9. The van der Waals surface area contributed by atoms with Crippen LogP contribution in [0.15, 0.2) is 127 Å². The minimum absolute atomic E-state index is 0.325. The molecule has 6 rings (SSSR count). The van der Waals surface area contributed by atoms with Crippen molar-refractivity contribution in [1.29, 1.82) is 0 Å². The third-order valence-electron chi connectivity index (χ3n) is 6.95. The van der Waals surface area contributed by atoms with Gasteiger partial charge in [0.15, 0.2) is 0 Å². The SMILES string of the molecule is C1=CC(C(c2ccc(OCc3ccccc3)cc2)C2c3ccccc3-c3ccccc32)C=C1. The van der Waals surface area contributed by atoms with Crippen LogP contribution in [0.1, 0.15) is 34.1 Å². The number of ether oxygens (including phenoxy) is 1. The van der Waals surface area contributed by atoms with E-state index < -0.39 is 0 Å². The van der Waals surface area contributed by atoms with Crippen LogP contribution in [-0.2, 0) is 6.61 Å². The molecule has 33 heavy (non-hydrogen) atoms. The molecule has 160 valence electrons. The largest absolute Gasteiger partial charge is 0.489 e. The zero-order valence-corrected chi connectivity index (χ0v) is 18.5. The molecular formula is C32H26O. The van der Waals surface area contributed by atoms with Gasteiger partial charge in [0.25, 0.3) is 0 Å². The lowest BCUT2D eigenvalue weighted by molar-refractivity contribution is 0.306. The van der Waals surface area contributed by atoms with Crippen molar-refractivity contribution in [2.45, 2.75) is 18.4 Å². The van der Waals surface area contributed by atoms with Crippen LogP contribution in [0.5, 0.6) is 5.75 Å². The highest BCUT2D eigenvalue weighted by Gasteiger charge is 2.37. The monoisotopic (exact) mass is 426 g/mol. The van der Waals surface area contributed by atoms with Gasteiger partial charge in [-0.25, -0.2) is 0 Å². The first kappa shape index (κ1) is 19.8. The number of allylic oxidation sites excluding steroid dienone is 4. The summed E-state index contributed by atoms with van der Waals surface area (Å²) in [7, 11) is 0. The third kappa shape index (κ3) is 3.70. The van der Waals surface area contributed by atoms with Gasteiger partial charge in [0, 0.05) is 17.8 Å². The molecule has 2 aliphatic carbocycles. The molecule has 0 aliphatic heterocycles. The van der Waals surface area contributed by atoms with E-state index in [9.17, 15) is 0 Å². The second-order valence-corrected chi connectivity index (χ2v) is 8.87. The number of rotatable bonds is 6. The second kappa shape index (κ2) is 8.60. The molecule has 2 aliphatic rings. The van der Waals surface area contributed by atoms with Gasteiger partial charge in [0.2, 0.25) is 0 Å². The fourth-order valence-corrected chi connectivity index (χ4v) is 5.43. The summed E-state index contributed by atoms with van der Waals surface area (Å²) in [5, 5.41) is 0. The standard InChI is InChI=1S/C32H26O/c1-2-10-23(11-3-1)22-33-26-20-18-25(19-21-26)31(24-12-4-5-13-24)32-29-16-8-6-14-27(29)28-15-7-9-17-30(28)32/h1-21,24,31-32H,22H2. The predicted molar refractivity (Wildman–Crippen MR) is 135 cm³/mol.